The van der Waals surface area contributed by atoms with E-state index in [1.54, 1.807) is 0 Å². The van der Waals surface area contributed by atoms with Crippen LogP contribution in [0.5, 0.6) is 0 Å². The summed E-state index contributed by atoms with van der Waals surface area (Å²) in [5.41, 5.74) is 1.92. The molecule has 1 N–H and O–H groups in total. The molecule has 3 rings (SSSR count). The van der Waals surface area contributed by atoms with Crippen LogP contribution in [0.4, 0.5) is 10.8 Å². The molecular formula is C15H16ClN5OS2. The van der Waals surface area contributed by atoms with Crippen molar-refractivity contribution < 1.29 is 4.52 Å². The molecule has 0 atom stereocenters. The number of aryl methyl sites for hydroxylation is 1. The van der Waals surface area contributed by atoms with Gasteiger partial charge in [-0.15, -0.1) is 10.2 Å². The third-order valence-corrected chi connectivity index (χ3v) is 5.51. The second-order valence-corrected chi connectivity index (χ2v) is 8.06. The van der Waals surface area contributed by atoms with E-state index in [9.17, 15) is 0 Å². The Morgan fingerprint density at radius 3 is 2.88 bits per heavy atom. The lowest BCUT2D eigenvalue weighted by molar-refractivity contribution is 0.383. The zero-order valence-corrected chi connectivity index (χ0v) is 15.8. The lowest BCUT2D eigenvalue weighted by atomic mass is 10.2. The van der Waals surface area contributed by atoms with Crippen LogP contribution in [0.2, 0.25) is 5.02 Å². The van der Waals surface area contributed by atoms with Crippen LogP contribution < -0.4 is 5.32 Å². The Kier molecular flexibility index (Phi) is 5.37. The van der Waals surface area contributed by atoms with Crippen molar-refractivity contribution in [3.8, 4) is 0 Å². The van der Waals surface area contributed by atoms with Crippen molar-refractivity contribution in [3.63, 3.8) is 0 Å². The maximum atomic E-state index is 6.13. The van der Waals surface area contributed by atoms with E-state index in [2.05, 4.69) is 25.7 Å². The first kappa shape index (κ1) is 17.2. The van der Waals surface area contributed by atoms with E-state index in [1.165, 1.54) is 23.1 Å². The lowest BCUT2D eigenvalue weighted by Crippen LogP contribution is -1.90. The Balaban J connectivity index is 1.59. The fraction of sp³-hybridized carbons (Fsp3) is 0.333. The number of anilines is 2. The molecule has 0 unspecified atom stereocenters. The zero-order chi connectivity index (χ0) is 17.1. The number of benzene rings is 1. The molecule has 0 radical (unpaired) electrons. The largest absolute Gasteiger partial charge is 0.338 e. The number of nitrogens with zero attached hydrogens (tertiary/aromatic N) is 4. The van der Waals surface area contributed by atoms with Gasteiger partial charge >= 0.3 is 0 Å². The van der Waals surface area contributed by atoms with Gasteiger partial charge in [0.2, 0.25) is 11.0 Å². The van der Waals surface area contributed by atoms with Crippen LogP contribution in [-0.2, 0) is 5.75 Å². The van der Waals surface area contributed by atoms with Crippen LogP contribution >= 0.6 is 34.7 Å². The Bertz CT molecular complexity index is 833. The maximum absolute atomic E-state index is 6.13. The van der Waals surface area contributed by atoms with E-state index in [0.717, 1.165) is 26.4 Å². The predicted octanol–water partition coefficient (Wildman–Crippen LogP) is 5.04. The van der Waals surface area contributed by atoms with E-state index >= 15 is 0 Å². The van der Waals surface area contributed by atoms with Gasteiger partial charge in [0.15, 0.2) is 10.2 Å². The standard InChI is InChI=1S/C15H16ClN5OS2/c1-8(2)13-18-12(22-21-13)7-23-15-20-19-14(24-15)17-10-5-4-9(3)11(16)6-10/h4-6,8H,7H2,1-3H3,(H,17,19). The van der Waals surface area contributed by atoms with Crippen molar-refractivity contribution in [2.24, 2.45) is 0 Å². The third-order valence-electron chi connectivity index (χ3n) is 3.15. The van der Waals surface area contributed by atoms with Crippen LogP contribution in [0.25, 0.3) is 0 Å². The summed E-state index contributed by atoms with van der Waals surface area (Å²) < 4.78 is 6.05. The van der Waals surface area contributed by atoms with Gasteiger partial charge < -0.3 is 9.84 Å². The lowest BCUT2D eigenvalue weighted by Gasteiger charge is -2.03. The molecule has 0 amide bonds. The summed E-state index contributed by atoms with van der Waals surface area (Å²) in [6.07, 6.45) is 0. The topological polar surface area (TPSA) is 76.7 Å². The normalized spacial score (nSPS) is 11.2. The molecule has 0 fully saturated rings. The van der Waals surface area contributed by atoms with Gasteiger partial charge in [0, 0.05) is 16.6 Å². The van der Waals surface area contributed by atoms with Gasteiger partial charge in [-0.25, -0.2) is 0 Å². The Morgan fingerprint density at radius 2 is 2.17 bits per heavy atom. The SMILES string of the molecule is Cc1ccc(Nc2nnc(SCc3nc(C(C)C)no3)s2)cc1Cl. The first-order valence-corrected chi connectivity index (χ1v) is 9.51. The second-order valence-electron chi connectivity index (χ2n) is 5.45. The van der Waals surface area contributed by atoms with Gasteiger partial charge in [-0.05, 0) is 24.6 Å². The molecule has 2 heterocycles. The number of halogens is 1. The van der Waals surface area contributed by atoms with Crippen LogP contribution in [0.15, 0.2) is 27.1 Å². The number of aromatic nitrogens is 4. The first-order chi connectivity index (χ1) is 11.5. The van der Waals surface area contributed by atoms with Crippen molar-refractivity contribution >= 4 is 45.5 Å². The van der Waals surface area contributed by atoms with E-state index in [4.69, 9.17) is 16.1 Å². The van der Waals surface area contributed by atoms with Gasteiger partial charge in [-0.2, -0.15) is 4.98 Å². The molecule has 0 bridgehead atoms. The molecule has 0 spiro atoms. The van der Waals surface area contributed by atoms with E-state index in [-0.39, 0.29) is 5.92 Å². The first-order valence-electron chi connectivity index (χ1n) is 7.33. The van der Waals surface area contributed by atoms with Crippen LogP contribution in [0, 0.1) is 6.92 Å². The predicted molar refractivity (Wildman–Crippen MR) is 97.3 cm³/mol. The van der Waals surface area contributed by atoms with Gasteiger partial charge in [-0.3, -0.25) is 0 Å². The van der Waals surface area contributed by atoms with Gasteiger partial charge in [0.05, 0.1) is 5.75 Å². The van der Waals surface area contributed by atoms with E-state index in [0.29, 0.717) is 16.8 Å². The highest BCUT2D eigenvalue weighted by atomic mass is 35.5. The summed E-state index contributed by atoms with van der Waals surface area (Å²) in [4.78, 5) is 4.34. The summed E-state index contributed by atoms with van der Waals surface area (Å²) in [5.74, 6) is 2.15. The van der Waals surface area contributed by atoms with Crippen molar-refractivity contribution in [2.75, 3.05) is 5.32 Å². The molecule has 3 aromatic rings. The van der Waals surface area contributed by atoms with Crippen LogP contribution in [-0.4, -0.2) is 20.3 Å². The fourth-order valence-corrected chi connectivity index (χ4v) is 3.59. The van der Waals surface area contributed by atoms with Crippen molar-refractivity contribution in [1.82, 2.24) is 20.3 Å². The van der Waals surface area contributed by atoms with E-state index in [1.807, 2.05) is 39.0 Å². The Morgan fingerprint density at radius 1 is 1.33 bits per heavy atom. The Labute approximate surface area is 153 Å². The molecule has 2 aromatic heterocycles. The number of rotatable bonds is 6. The average Bonchev–Trinajstić information content (AvgIpc) is 3.18. The minimum absolute atomic E-state index is 0.256. The molecule has 0 aliphatic heterocycles. The molecule has 0 saturated carbocycles. The summed E-state index contributed by atoms with van der Waals surface area (Å²) in [6, 6.07) is 5.79. The molecule has 9 heteroatoms. The summed E-state index contributed by atoms with van der Waals surface area (Å²) in [7, 11) is 0. The molecule has 0 aliphatic carbocycles. The summed E-state index contributed by atoms with van der Waals surface area (Å²) in [6.45, 7) is 6.03. The van der Waals surface area contributed by atoms with Crippen molar-refractivity contribution in [1.29, 1.82) is 0 Å². The van der Waals surface area contributed by atoms with Gasteiger partial charge in [0.1, 0.15) is 0 Å². The van der Waals surface area contributed by atoms with Gasteiger partial charge in [0.25, 0.3) is 0 Å². The number of nitrogens with one attached hydrogen (secondary N) is 1. The highest BCUT2D eigenvalue weighted by molar-refractivity contribution is 8.00. The smallest absolute Gasteiger partial charge is 0.237 e. The van der Waals surface area contributed by atoms with Crippen LogP contribution in [0.1, 0.15) is 37.0 Å². The van der Waals surface area contributed by atoms with Crippen LogP contribution in [0.3, 0.4) is 0 Å². The highest BCUT2D eigenvalue weighted by Crippen LogP contribution is 2.30. The molecule has 0 aliphatic rings. The molecule has 24 heavy (non-hydrogen) atoms. The van der Waals surface area contributed by atoms with Crippen molar-refractivity contribution in [3.05, 3.63) is 40.5 Å². The molecule has 6 nitrogen and oxygen atoms in total. The quantitative estimate of drug-likeness (QED) is 0.599. The number of hydrogen-bond donors (Lipinski definition) is 1. The molecular weight excluding hydrogens is 366 g/mol. The number of thioether (sulfide) groups is 1. The minimum atomic E-state index is 0.256. The fourth-order valence-electron chi connectivity index (χ4n) is 1.80. The minimum Gasteiger partial charge on any atom is -0.338 e. The monoisotopic (exact) mass is 381 g/mol. The zero-order valence-electron chi connectivity index (χ0n) is 13.4. The molecule has 0 saturated heterocycles. The maximum Gasteiger partial charge on any atom is 0.237 e. The number of hydrogen-bond acceptors (Lipinski definition) is 8. The summed E-state index contributed by atoms with van der Waals surface area (Å²) >= 11 is 9.11. The molecule has 126 valence electrons. The Hall–Kier alpha value is -1.64. The highest BCUT2D eigenvalue weighted by Gasteiger charge is 2.12. The third kappa shape index (κ3) is 4.25. The summed E-state index contributed by atoms with van der Waals surface area (Å²) in [5, 5.41) is 16.9. The molecule has 1 aromatic carbocycles. The second kappa shape index (κ2) is 7.50. The van der Waals surface area contributed by atoms with Gasteiger partial charge in [-0.1, -0.05) is 59.8 Å². The van der Waals surface area contributed by atoms with E-state index < -0.39 is 0 Å². The van der Waals surface area contributed by atoms with Crippen molar-refractivity contribution in [2.45, 2.75) is 36.8 Å². The average molecular weight is 382 g/mol.